The van der Waals surface area contributed by atoms with Crippen LogP contribution in [0.15, 0.2) is 54.7 Å². The summed E-state index contributed by atoms with van der Waals surface area (Å²) in [5.74, 6) is 0.755. The molecule has 7 nitrogen and oxygen atoms in total. The maximum absolute atomic E-state index is 12.5. The van der Waals surface area contributed by atoms with Gasteiger partial charge < -0.3 is 20.4 Å². The first kappa shape index (κ1) is 19.7. The monoisotopic (exact) mass is 381 g/mol. The Hall–Kier alpha value is -3.09. The molecule has 0 radical (unpaired) electrons. The van der Waals surface area contributed by atoms with E-state index in [1.807, 2.05) is 48.5 Å². The zero-order chi connectivity index (χ0) is 19.8. The van der Waals surface area contributed by atoms with E-state index in [1.165, 1.54) is 5.56 Å². The fourth-order valence-corrected chi connectivity index (χ4v) is 3.15. The molecule has 1 aromatic heterocycles. The summed E-state index contributed by atoms with van der Waals surface area (Å²) in [6.07, 6.45) is 2.54. The summed E-state index contributed by atoms with van der Waals surface area (Å²) in [6, 6.07) is 15.0. The first-order valence-electron chi connectivity index (χ1n) is 9.66. The summed E-state index contributed by atoms with van der Waals surface area (Å²) in [4.78, 5) is 32.9. The summed E-state index contributed by atoms with van der Waals surface area (Å²) in [5.41, 5.74) is 1.17. The van der Waals surface area contributed by atoms with E-state index >= 15 is 0 Å². The molecule has 2 aromatic rings. The topological polar surface area (TPSA) is 77.6 Å². The van der Waals surface area contributed by atoms with Gasteiger partial charge in [0.25, 0.3) is 0 Å². The molecule has 2 heterocycles. The van der Waals surface area contributed by atoms with Gasteiger partial charge in [-0.05, 0) is 31.0 Å². The van der Waals surface area contributed by atoms with E-state index in [4.69, 9.17) is 0 Å². The molecule has 1 aliphatic rings. The molecular formula is C21H27N5O2. The van der Waals surface area contributed by atoms with Gasteiger partial charge >= 0.3 is 6.03 Å². The fraction of sp³-hybridized carbons (Fsp3) is 0.381. The number of pyridine rings is 1. The van der Waals surface area contributed by atoms with Gasteiger partial charge in [0.15, 0.2) is 0 Å². The molecule has 1 fully saturated rings. The van der Waals surface area contributed by atoms with E-state index in [-0.39, 0.29) is 11.9 Å². The minimum absolute atomic E-state index is 0.170. The van der Waals surface area contributed by atoms with Crippen molar-refractivity contribution < 1.29 is 9.59 Å². The van der Waals surface area contributed by atoms with Gasteiger partial charge in [0.2, 0.25) is 5.91 Å². The average Bonchev–Trinajstić information content (AvgIpc) is 2.75. The number of hydrogen-bond donors (Lipinski definition) is 2. The second-order valence-corrected chi connectivity index (χ2v) is 6.86. The minimum atomic E-state index is -0.572. The van der Waals surface area contributed by atoms with Gasteiger partial charge in [-0.3, -0.25) is 4.79 Å². The Morgan fingerprint density at radius 2 is 1.75 bits per heavy atom. The van der Waals surface area contributed by atoms with E-state index in [9.17, 15) is 9.59 Å². The molecule has 0 aliphatic carbocycles. The lowest BCUT2D eigenvalue weighted by molar-refractivity contribution is -0.122. The number of carbonyl (C=O) groups excluding carboxylic acids is 2. The molecule has 1 saturated heterocycles. The van der Waals surface area contributed by atoms with Crippen molar-refractivity contribution in [3.05, 3.63) is 60.3 Å². The molecule has 1 aromatic carbocycles. The van der Waals surface area contributed by atoms with Crippen molar-refractivity contribution in [3.8, 4) is 0 Å². The molecule has 0 saturated carbocycles. The second-order valence-electron chi connectivity index (χ2n) is 6.86. The standard InChI is InChI=1S/C21H27N5O2/c1-17(20(27)23-12-10-18-7-3-2-4-8-18)24-21(28)26-15-13-25(14-16-26)19-9-5-6-11-22-19/h2-9,11,17H,10,12-16H2,1H3,(H,23,27)(H,24,28)/t17-/m0/s1. The maximum Gasteiger partial charge on any atom is 0.318 e. The third kappa shape index (κ3) is 5.45. The number of carbonyl (C=O) groups is 2. The first-order valence-corrected chi connectivity index (χ1v) is 9.66. The average molecular weight is 381 g/mol. The van der Waals surface area contributed by atoms with Crippen LogP contribution in [-0.4, -0.2) is 60.6 Å². The first-order chi connectivity index (χ1) is 13.6. The molecule has 2 N–H and O–H groups in total. The molecule has 28 heavy (non-hydrogen) atoms. The van der Waals surface area contributed by atoms with Gasteiger partial charge in [-0.2, -0.15) is 0 Å². The Morgan fingerprint density at radius 3 is 2.43 bits per heavy atom. The molecular weight excluding hydrogens is 354 g/mol. The lowest BCUT2D eigenvalue weighted by Crippen LogP contribution is -2.55. The van der Waals surface area contributed by atoms with Crippen molar-refractivity contribution in [2.45, 2.75) is 19.4 Å². The highest BCUT2D eigenvalue weighted by Crippen LogP contribution is 2.12. The number of hydrogen-bond acceptors (Lipinski definition) is 4. The number of rotatable bonds is 6. The van der Waals surface area contributed by atoms with Gasteiger partial charge in [-0.25, -0.2) is 9.78 Å². The van der Waals surface area contributed by atoms with Crippen LogP contribution in [0.5, 0.6) is 0 Å². The summed E-state index contributed by atoms with van der Waals surface area (Å²) < 4.78 is 0. The predicted molar refractivity (Wildman–Crippen MR) is 109 cm³/mol. The number of aromatic nitrogens is 1. The highest BCUT2D eigenvalue weighted by atomic mass is 16.2. The molecule has 7 heteroatoms. The van der Waals surface area contributed by atoms with Crippen molar-refractivity contribution in [1.82, 2.24) is 20.5 Å². The number of anilines is 1. The largest absolute Gasteiger partial charge is 0.354 e. The lowest BCUT2D eigenvalue weighted by Gasteiger charge is -2.35. The normalized spacial score (nSPS) is 15.0. The smallest absolute Gasteiger partial charge is 0.318 e. The highest BCUT2D eigenvalue weighted by molar-refractivity contribution is 5.86. The summed E-state index contributed by atoms with van der Waals surface area (Å²) >= 11 is 0. The number of urea groups is 1. The van der Waals surface area contributed by atoms with Crippen LogP contribution in [0.25, 0.3) is 0 Å². The minimum Gasteiger partial charge on any atom is -0.354 e. The Morgan fingerprint density at radius 1 is 1.04 bits per heavy atom. The number of nitrogens with one attached hydrogen (secondary N) is 2. The Balaban J connectivity index is 1.38. The summed E-state index contributed by atoms with van der Waals surface area (Å²) in [7, 11) is 0. The van der Waals surface area contributed by atoms with Crippen molar-refractivity contribution in [2.24, 2.45) is 0 Å². The van der Waals surface area contributed by atoms with Crippen molar-refractivity contribution in [1.29, 1.82) is 0 Å². The molecule has 3 amide bonds. The molecule has 1 aliphatic heterocycles. The van der Waals surface area contributed by atoms with Crippen LogP contribution in [0.4, 0.5) is 10.6 Å². The van der Waals surface area contributed by atoms with Crippen LogP contribution in [0.1, 0.15) is 12.5 Å². The highest BCUT2D eigenvalue weighted by Gasteiger charge is 2.24. The van der Waals surface area contributed by atoms with Crippen LogP contribution in [0.3, 0.4) is 0 Å². The van der Waals surface area contributed by atoms with Gasteiger partial charge in [0.1, 0.15) is 11.9 Å². The van der Waals surface area contributed by atoms with E-state index in [1.54, 1.807) is 18.0 Å². The van der Waals surface area contributed by atoms with Crippen LogP contribution in [0.2, 0.25) is 0 Å². The SMILES string of the molecule is C[C@H](NC(=O)N1CCN(c2ccccn2)CC1)C(=O)NCCc1ccccc1. The number of piperazine rings is 1. The van der Waals surface area contributed by atoms with E-state index < -0.39 is 6.04 Å². The van der Waals surface area contributed by atoms with E-state index in [0.29, 0.717) is 19.6 Å². The molecule has 0 spiro atoms. The third-order valence-corrected chi connectivity index (χ3v) is 4.83. The number of nitrogens with zero attached hydrogens (tertiary/aromatic N) is 3. The lowest BCUT2D eigenvalue weighted by atomic mass is 10.1. The third-order valence-electron chi connectivity index (χ3n) is 4.83. The Labute approximate surface area is 165 Å². The number of amides is 3. The second kappa shape index (κ2) is 9.73. The molecule has 3 rings (SSSR count). The van der Waals surface area contributed by atoms with Crippen LogP contribution < -0.4 is 15.5 Å². The van der Waals surface area contributed by atoms with Crippen LogP contribution >= 0.6 is 0 Å². The quantitative estimate of drug-likeness (QED) is 0.798. The zero-order valence-electron chi connectivity index (χ0n) is 16.2. The van der Waals surface area contributed by atoms with E-state index in [2.05, 4.69) is 20.5 Å². The summed E-state index contributed by atoms with van der Waals surface area (Å²) in [6.45, 7) is 4.91. The molecule has 1 atom stereocenters. The zero-order valence-corrected chi connectivity index (χ0v) is 16.2. The van der Waals surface area contributed by atoms with Gasteiger partial charge in [0, 0.05) is 38.9 Å². The number of benzene rings is 1. The van der Waals surface area contributed by atoms with Gasteiger partial charge in [0.05, 0.1) is 0 Å². The van der Waals surface area contributed by atoms with Gasteiger partial charge in [-0.15, -0.1) is 0 Å². The molecule has 148 valence electrons. The predicted octanol–water partition coefficient (Wildman–Crippen LogP) is 1.66. The van der Waals surface area contributed by atoms with Crippen LogP contribution in [0, 0.1) is 0 Å². The van der Waals surface area contributed by atoms with Crippen molar-refractivity contribution in [2.75, 3.05) is 37.6 Å². The molecule has 0 unspecified atom stereocenters. The Bertz CT molecular complexity index is 761. The fourth-order valence-electron chi connectivity index (χ4n) is 3.15. The summed E-state index contributed by atoms with van der Waals surface area (Å²) in [5, 5.41) is 5.67. The maximum atomic E-state index is 12.5. The molecule has 0 bridgehead atoms. The van der Waals surface area contributed by atoms with Crippen molar-refractivity contribution in [3.63, 3.8) is 0 Å². The van der Waals surface area contributed by atoms with Gasteiger partial charge in [-0.1, -0.05) is 36.4 Å². The van der Waals surface area contributed by atoms with E-state index in [0.717, 1.165) is 25.3 Å². The Kier molecular flexibility index (Phi) is 6.84. The van der Waals surface area contributed by atoms with Crippen molar-refractivity contribution >= 4 is 17.8 Å². The van der Waals surface area contributed by atoms with Crippen LogP contribution in [-0.2, 0) is 11.2 Å².